The lowest BCUT2D eigenvalue weighted by Gasteiger charge is -2.29. The van der Waals surface area contributed by atoms with Gasteiger partial charge in [0.25, 0.3) is 10.0 Å². The highest BCUT2D eigenvalue weighted by Gasteiger charge is 2.20. The smallest absolute Gasteiger partial charge is 0.229 e. The molecular weight excluding hydrogens is 306 g/mol. The molecule has 1 aromatic rings. The lowest BCUT2D eigenvalue weighted by atomic mass is 10.4. The fourth-order valence-corrected chi connectivity index (χ4v) is 5.44. The number of sulfonamides is 1. The summed E-state index contributed by atoms with van der Waals surface area (Å²) in [7, 11) is -3.64. The second-order valence-electron chi connectivity index (χ2n) is 4.34. The molecule has 0 heterocycles. The van der Waals surface area contributed by atoms with Crippen molar-refractivity contribution in [1.29, 1.82) is 0 Å². The summed E-state index contributed by atoms with van der Waals surface area (Å²) in [6.07, 6.45) is 0. The summed E-state index contributed by atoms with van der Waals surface area (Å²) >= 11 is -0.766. The fraction of sp³-hybridized carbons (Fsp3) is 0.571. The Balaban J connectivity index is 3.30. The number of hydrogen-bond acceptors (Lipinski definition) is 2. The van der Waals surface area contributed by atoms with Gasteiger partial charge >= 0.3 is 0 Å². The van der Waals surface area contributed by atoms with Crippen LogP contribution in [0, 0.1) is 0 Å². The van der Waals surface area contributed by atoms with E-state index in [2.05, 4.69) is 12.4 Å². The zero-order valence-corrected chi connectivity index (χ0v) is 14.8. The maximum atomic E-state index is 12.5. The third-order valence-electron chi connectivity index (χ3n) is 3.08. The Bertz CT molecular complexity index is 537. The van der Waals surface area contributed by atoms with Gasteiger partial charge < -0.3 is 0 Å². The molecule has 0 N–H and O–H groups in total. The predicted molar refractivity (Wildman–Crippen MR) is 89.3 cm³/mol. The van der Waals surface area contributed by atoms with Gasteiger partial charge in [-0.1, -0.05) is 45.9 Å². The van der Waals surface area contributed by atoms with Crippen molar-refractivity contribution in [2.75, 3.05) is 26.2 Å². The van der Waals surface area contributed by atoms with Crippen LogP contribution >= 0.6 is 0 Å². The minimum absolute atomic E-state index is 0.252. The van der Waals surface area contributed by atoms with E-state index in [0.717, 1.165) is 26.2 Å². The van der Waals surface area contributed by atoms with Crippen molar-refractivity contribution < 1.29 is 8.42 Å². The number of rotatable bonds is 8. The largest absolute Gasteiger partial charge is 0.290 e. The van der Waals surface area contributed by atoms with Crippen LogP contribution in [0.1, 0.15) is 27.7 Å². The molecule has 0 radical (unpaired) electrons. The Hall–Kier alpha value is -0.760. The summed E-state index contributed by atoms with van der Waals surface area (Å²) in [5.41, 5.74) is 0. The summed E-state index contributed by atoms with van der Waals surface area (Å²) in [4.78, 5) is 0.252. The topological polar surface area (TPSA) is 53.0 Å². The Morgan fingerprint density at radius 2 is 1.33 bits per heavy atom. The summed E-state index contributed by atoms with van der Waals surface area (Å²) in [5.74, 6) is 0. The highest BCUT2D eigenvalue weighted by atomic mass is 32.3. The molecule has 0 amide bonds. The molecule has 0 bridgehead atoms. The first-order valence-electron chi connectivity index (χ1n) is 7.27. The predicted octanol–water partition coefficient (Wildman–Crippen LogP) is 2.69. The molecule has 7 heteroatoms. The van der Waals surface area contributed by atoms with Crippen molar-refractivity contribution in [3.63, 3.8) is 0 Å². The zero-order chi connectivity index (χ0) is 15.9. The van der Waals surface area contributed by atoms with Gasteiger partial charge in [-0.15, -0.1) is 3.77 Å². The second kappa shape index (κ2) is 8.63. The lowest BCUT2D eigenvalue weighted by Crippen LogP contribution is -2.38. The van der Waals surface area contributed by atoms with Crippen LogP contribution in [0.15, 0.2) is 39.0 Å². The van der Waals surface area contributed by atoms with Crippen LogP contribution in [0.25, 0.3) is 0 Å². The number of hydrogen-bond donors (Lipinski definition) is 0. The van der Waals surface area contributed by atoms with Crippen LogP contribution in [0.2, 0.25) is 0 Å². The average Bonchev–Trinajstić information content (AvgIpc) is 2.50. The van der Waals surface area contributed by atoms with Gasteiger partial charge in [0.15, 0.2) is 0 Å². The van der Waals surface area contributed by atoms with Gasteiger partial charge in [-0.05, 0) is 12.1 Å². The first kappa shape index (κ1) is 18.3. The summed E-state index contributed by atoms with van der Waals surface area (Å²) in [5, 5.41) is 0. The van der Waals surface area contributed by atoms with E-state index in [4.69, 9.17) is 0 Å². The van der Waals surface area contributed by atoms with Crippen LogP contribution in [0.5, 0.6) is 0 Å². The van der Waals surface area contributed by atoms with E-state index in [-0.39, 0.29) is 4.90 Å². The van der Waals surface area contributed by atoms with Crippen molar-refractivity contribution in [3.05, 3.63) is 30.3 Å². The maximum Gasteiger partial charge on any atom is 0.290 e. The SMILES string of the molecule is CCN(CC)S(=NS(=O)(=O)c1ccccc1)N(CC)CC. The van der Waals surface area contributed by atoms with Crippen LogP contribution < -0.4 is 0 Å². The van der Waals surface area contributed by atoms with Gasteiger partial charge in [0.05, 0.1) is 16.0 Å². The van der Waals surface area contributed by atoms with Gasteiger partial charge in [-0.25, -0.2) is 8.61 Å². The zero-order valence-electron chi connectivity index (χ0n) is 13.2. The highest BCUT2D eigenvalue weighted by Crippen LogP contribution is 2.16. The summed E-state index contributed by atoms with van der Waals surface area (Å²) < 4.78 is 33.4. The minimum atomic E-state index is -3.64. The molecule has 0 saturated carbocycles. The maximum absolute atomic E-state index is 12.5. The standard InChI is InChI=1S/C14H25N3O2S2/c1-5-16(6-2)20(17(7-3)8-4)15-21(18,19)14-12-10-9-11-13-14/h9-13H,5-8H2,1-4H3. The molecule has 0 aliphatic carbocycles. The van der Waals surface area contributed by atoms with Crippen LogP contribution in [-0.2, 0) is 21.1 Å². The van der Waals surface area contributed by atoms with Gasteiger partial charge in [0, 0.05) is 26.2 Å². The van der Waals surface area contributed by atoms with E-state index in [1.54, 1.807) is 30.3 Å². The van der Waals surface area contributed by atoms with Crippen LogP contribution in [0.4, 0.5) is 0 Å². The Labute approximate surface area is 131 Å². The average molecular weight is 332 g/mol. The van der Waals surface area contributed by atoms with Gasteiger partial charge in [-0.2, -0.15) is 8.42 Å². The number of benzene rings is 1. The van der Waals surface area contributed by atoms with Gasteiger partial charge in [-0.3, -0.25) is 0 Å². The molecule has 0 atom stereocenters. The minimum Gasteiger partial charge on any atom is -0.229 e. The Morgan fingerprint density at radius 3 is 1.71 bits per heavy atom. The molecule has 0 fully saturated rings. The van der Waals surface area contributed by atoms with Crippen molar-refractivity contribution in [1.82, 2.24) is 8.61 Å². The van der Waals surface area contributed by atoms with E-state index >= 15 is 0 Å². The monoisotopic (exact) mass is 331 g/mol. The van der Waals surface area contributed by atoms with Gasteiger partial charge in [0.2, 0.25) is 0 Å². The van der Waals surface area contributed by atoms with Crippen molar-refractivity contribution in [2.24, 2.45) is 3.77 Å². The van der Waals surface area contributed by atoms with E-state index < -0.39 is 21.1 Å². The molecule has 0 aromatic heterocycles. The second-order valence-corrected chi connectivity index (χ2v) is 7.88. The molecule has 1 rings (SSSR count). The summed E-state index contributed by atoms with van der Waals surface area (Å²) in [6.45, 7) is 11.2. The molecule has 0 aliphatic heterocycles. The first-order chi connectivity index (χ1) is 10.00. The van der Waals surface area contributed by atoms with Crippen LogP contribution in [-0.4, -0.2) is 43.2 Å². The molecule has 0 aliphatic rings. The number of nitrogens with zero attached hydrogens (tertiary/aromatic N) is 3. The molecule has 1 aromatic carbocycles. The van der Waals surface area contributed by atoms with Crippen molar-refractivity contribution in [3.8, 4) is 0 Å². The molecule has 0 saturated heterocycles. The molecular formula is C14H25N3O2S2. The lowest BCUT2D eigenvalue weighted by molar-refractivity contribution is 0.443. The van der Waals surface area contributed by atoms with E-state index in [1.807, 2.05) is 27.7 Å². The highest BCUT2D eigenvalue weighted by molar-refractivity contribution is 7.98. The third kappa shape index (κ3) is 4.88. The van der Waals surface area contributed by atoms with E-state index in [1.165, 1.54) is 0 Å². The Morgan fingerprint density at radius 1 is 0.905 bits per heavy atom. The van der Waals surface area contributed by atoms with Crippen LogP contribution in [0.3, 0.4) is 0 Å². The molecule has 120 valence electrons. The normalized spacial score (nSPS) is 12.3. The van der Waals surface area contributed by atoms with E-state index in [9.17, 15) is 8.42 Å². The molecule has 5 nitrogen and oxygen atoms in total. The van der Waals surface area contributed by atoms with Crippen molar-refractivity contribution >= 4 is 21.1 Å². The molecule has 0 spiro atoms. The van der Waals surface area contributed by atoms with Crippen molar-refractivity contribution in [2.45, 2.75) is 32.6 Å². The van der Waals surface area contributed by atoms with Gasteiger partial charge in [0.1, 0.15) is 0 Å². The fourth-order valence-electron chi connectivity index (χ4n) is 1.89. The summed E-state index contributed by atoms with van der Waals surface area (Å²) in [6, 6.07) is 8.41. The third-order valence-corrected chi connectivity index (χ3v) is 7.22. The molecule has 21 heavy (non-hydrogen) atoms. The Kier molecular flexibility index (Phi) is 7.51. The first-order valence-corrected chi connectivity index (χ1v) is 9.81. The molecule has 0 unspecified atom stereocenters. The van der Waals surface area contributed by atoms with E-state index in [0.29, 0.717) is 0 Å². The quantitative estimate of drug-likeness (QED) is 0.735.